The van der Waals surface area contributed by atoms with E-state index in [1.165, 1.54) is 11.3 Å². The van der Waals surface area contributed by atoms with Gasteiger partial charge in [0.1, 0.15) is 5.60 Å². The van der Waals surface area contributed by atoms with Crippen LogP contribution in [-0.4, -0.2) is 36.9 Å². The number of nitrogens with two attached hydrogens (primary N) is 1. The number of halogens is 1. The normalized spacial score (nSPS) is 15.4. The van der Waals surface area contributed by atoms with Crippen LogP contribution in [0.3, 0.4) is 0 Å². The van der Waals surface area contributed by atoms with E-state index in [9.17, 15) is 4.79 Å². The van der Waals surface area contributed by atoms with E-state index in [0.29, 0.717) is 11.0 Å². The third kappa shape index (κ3) is 6.69. The van der Waals surface area contributed by atoms with Crippen molar-refractivity contribution in [2.75, 3.05) is 11.9 Å². The predicted molar refractivity (Wildman–Crippen MR) is 121 cm³/mol. The lowest BCUT2D eigenvalue weighted by Gasteiger charge is -2.44. The van der Waals surface area contributed by atoms with Crippen molar-refractivity contribution < 1.29 is 14.0 Å². The number of ether oxygens (including phenoxy) is 1. The highest BCUT2D eigenvalue weighted by molar-refractivity contribution is 7.15. The van der Waals surface area contributed by atoms with Crippen LogP contribution in [0, 0.1) is 5.92 Å². The van der Waals surface area contributed by atoms with Crippen molar-refractivity contribution in [1.82, 2.24) is 4.98 Å². The van der Waals surface area contributed by atoms with Gasteiger partial charge in [0.05, 0.1) is 16.4 Å². The molecule has 0 aliphatic heterocycles. The minimum Gasteiger partial charge on any atom is -0.444 e. The van der Waals surface area contributed by atoms with Crippen molar-refractivity contribution in [2.45, 2.75) is 83.7 Å². The summed E-state index contributed by atoms with van der Waals surface area (Å²) < 4.78 is 11.9. The summed E-state index contributed by atoms with van der Waals surface area (Å²) in [6.07, 6.45) is 0.778. The Kier molecular flexibility index (Phi) is 8.54. The fourth-order valence-electron chi connectivity index (χ4n) is 2.47. The van der Waals surface area contributed by atoms with Crippen LogP contribution in [-0.2, 0) is 9.16 Å². The van der Waals surface area contributed by atoms with Gasteiger partial charge in [-0.15, -0.1) is 11.6 Å². The summed E-state index contributed by atoms with van der Waals surface area (Å²) in [6.45, 7) is 19.1. The molecule has 0 aliphatic rings. The second kappa shape index (κ2) is 9.43. The van der Waals surface area contributed by atoms with E-state index in [2.05, 4.69) is 51.1 Å². The zero-order valence-electron chi connectivity index (χ0n) is 18.6. The number of carbonyl (C=O) groups is 1. The molecule has 6 nitrogen and oxygen atoms in total. The van der Waals surface area contributed by atoms with Gasteiger partial charge in [0.15, 0.2) is 13.4 Å². The molecule has 1 aromatic rings. The molecule has 0 fully saturated rings. The Balaban J connectivity index is 3.04. The summed E-state index contributed by atoms with van der Waals surface area (Å²) in [4.78, 5) is 17.1. The average molecular weight is 450 g/mol. The highest BCUT2D eigenvalue weighted by Crippen LogP contribution is 2.47. The molecular formula is C19H36ClN3O3SSi. The number of anilines is 1. The molecule has 0 saturated heterocycles. The second-order valence-corrected chi connectivity index (χ2v) is 15.5. The van der Waals surface area contributed by atoms with E-state index in [4.69, 9.17) is 26.5 Å². The Bertz CT molecular complexity index is 659. The lowest BCUT2D eigenvalue weighted by atomic mass is 9.99. The molecule has 0 radical (unpaired) electrons. The summed E-state index contributed by atoms with van der Waals surface area (Å²) in [5.74, 6) is 0.465. The molecule has 1 heterocycles. The Hall–Kier alpha value is -0.673. The van der Waals surface area contributed by atoms with Crippen molar-refractivity contribution >= 4 is 42.5 Å². The molecule has 0 spiro atoms. The van der Waals surface area contributed by atoms with Gasteiger partial charge in [0.25, 0.3) is 0 Å². The number of hydrogen-bond donors (Lipinski definition) is 2. The Morgan fingerprint density at radius 2 is 1.89 bits per heavy atom. The van der Waals surface area contributed by atoms with E-state index in [0.717, 1.165) is 4.88 Å². The third-order valence-corrected chi connectivity index (χ3v) is 11.3. The highest BCUT2D eigenvalue weighted by atomic mass is 35.5. The molecule has 0 bridgehead atoms. The lowest BCUT2D eigenvalue weighted by molar-refractivity contribution is 0.0636. The first-order valence-electron chi connectivity index (χ1n) is 9.58. The van der Waals surface area contributed by atoms with Crippen LogP contribution in [0.15, 0.2) is 6.20 Å². The van der Waals surface area contributed by atoms with Gasteiger partial charge in [-0.05, 0) is 44.8 Å². The highest BCUT2D eigenvalue weighted by Gasteiger charge is 2.46. The van der Waals surface area contributed by atoms with E-state index in [1.807, 2.05) is 20.8 Å². The van der Waals surface area contributed by atoms with Crippen LogP contribution in [0.5, 0.6) is 0 Å². The van der Waals surface area contributed by atoms with Crippen molar-refractivity contribution in [3.63, 3.8) is 0 Å². The number of rotatable bonds is 8. The molecule has 1 rings (SSSR count). The quantitative estimate of drug-likeness (QED) is 0.389. The number of nitrogens with one attached hydrogen (secondary N) is 1. The number of alkyl halides is 1. The van der Waals surface area contributed by atoms with Crippen molar-refractivity contribution in [2.24, 2.45) is 11.7 Å². The molecule has 0 saturated carbocycles. The minimum atomic E-state index is -2.15. The van der Waals surface area contributed by atoms with E-state index in [1.54, 1.807) is 6.20 Å². The maximum atomic E-state index is 12.0. The van der Waals surface area contributed by atoms with Gasteiger partial charge in [0.2, 0.25) is 0 Å². The fraction of sp³-hybridized carbons (Fsp3) is 0.789. The van der Waals surface area contributed by atoms with Gasteiger partial charge in [0, 0.05) is 12.7 Å². The standard InChI is InChI=1S/C19H36ClN3O3SSi/c1-12(2)19(6,7)28(8,9)26-15(13(20)10-21)14-11-22-16(27-14)23-17(24)25-18(3,4)5/h11-13,15H,10,21H2,1-9H3,(H,22,23,24)/t13-,15?/m0/s1. The topological polar surface area (TPSA) is 86.5 Å². The third-order valence-electron chi connectivity index (χ3n) is 5.38. The van der Waals surface area contributed by atoms with Gasteiger partial charge < -0.3 is 14.9 Å². The molecule has 1 amide bonds. The number of nitrogens with zero attached hydrogens (tertiary/aromatic N) is 1. The lowest BCUT2D eigenvalue weighted by Crippen LogP contribution is -2.47. The Labute approximate surface area is 179 Å². The second-order valence-electron chi connectivity index (χ2n) is 9.37. The van der Waals surface area contributed by atoms with Crippen molar-refractivity contribution in [1.29, 1.82) is 0 Å². The van der Waals surface area contributed by atoms with Gasteiger partial charge in [-0.3, -0.25) is 5.32 Å². The smallest absolute Gasteiger partial charge is 0.413 e. The summed E-state index contributed by atoms with van der Waals surface area (Å²) in [6, 6.07) is 0. The monoisotopic (exact) mass is 449 g/mol. The first-order valence-corrected chi connectivity index (χ1v) is 13.7. The molecule has 1 aromatic heterocycles. The first kappa shape index (κ1) is 25.4. The van der Waals surface area contributed by atoms with E-state index >= 15 is 0 Å². The largest absolute Gasteiger partial charge is 0.444 e. The van der Waals surface area contributed by atoms with E-state index in [-0.39, 0.29) is 23.1 Å². The number of carbonyl (C=O) groups excluding carboxylic acids is 1. The molecule has 2 atom stereocenters. The molecule has 9 heteroatoms. The van der Waals surface area contributed by atoms with Gasteiger partial charge in [-0.25, -0.2) is 9.78 Å². The summed E-state index contributed by atoms with van der Waals surface area (Å²) in [7, 11) is -2.15. The maximum Gasteiger partial charge on any atom is 0.413 e. The van der Waals surface area contributed by atoms with Crippen LogP contribution in [0.2, 0.25) is 18.1 Å². The van der Waals surface area contributed by atoms with Crippen LogP contribution >= 0.6 is 22.9 Å². The minimum absolute atomic E-state index is 0.0404. The molecule has 162 valence electrons. The fourth-order valence-corrected chi connectivity index (χ4v) is 6.42. The first-order chi connectivity index (χ1) is 12.6. The summed E-state index contributed by atoms with van der Waals surface area (Å²) in [5.41, 5.74) is 5.28. The average Bonchev–Trinajstić information content (AvgIpc) is 2.97. The molecule has 0 aliphatic carbocycles. The zero-order chi connectivity index (χ0) is 21.9. The molecule has 0 aromatic carbocycles. The maximum absolute atomic E-state index is 12.0. The van der Waals surface area contributed by atoms with Gasteiger partial charge >= 0.3 is 6.09 Å². The van der Waals surface area contributed by atoms with Crippen molar-refractivity contribution in [3.05, 3.63) is 11.1 Å². The number of aromatic nitrogens is 1. The van der Waals surface area contributed by atoms with Gasteiger partial charge in [-0.1, -0.05) is 39.0 Å². The molecule has 28 heavy (non-hydrogen) atoms. The van der Waals surface area contributed by atoms with Crippen molar-refractivity contribution in [3.8, 4) is 0 Å². The molecule has 1 unspecified atom stereocenters. The van der Waals surface area contributed by atoms with E-state index < -0.39 is 20.0 Å². The molecular weight excluding hydrogens is 414 g/mol. The number of amides is 1. The zero-order valence-corrected chi connectivity index (χ0v) is 21.1. The number of hydrogen-bond acceptors (Lipinski definition) is 6. The Morgan fingerprint density at radius 1 is 1.32 bits per heavy atom. The predicted octanol–water partition coefficient (Wildman–Crippen LogP) is 5.76. The van der Waals surface area contributed by atoms with Crippen LogP contribution in [0.1, 0.15) is 59.4 Å². The van der Waals surface area contributed by atoms with Crippen LogP contribution < -0.4 is 11.1 Å². The summed E-state index contributed by atoms with van der Waals surface area (Å²) >= 11 is 7.88. The molecule has 3 N–H and O–H groups in total. The van der Waals surface area contributed by atoms with Gasteiger partial charge in [-0.2, -0.15) is 0 Å². The summed E-state index contributed by atoms with van der Waals surface area (Å²) in [5, 5.41) is 2.77. The SMILES string of the molecule is CC(C)C(C)(C)[Si](C)(C)OC(c1cnc(NC(=O)OC(C)(C)C)s1)[C@@H](Cl)CN. The van der Waals surface area contributed by atoms with Crippen LogP contribution in [0.4, 0.5) is 9.93 Å². The number of thiazole rings is 1. The Morgan fingerprint density at radius 3 is 2.36 bits per heavy atom. The van der Waals surface area contributed by atoms with Crippen LogP contribution in [0.25, 0.3) is 0 Å².